The third kappa shape index (κ3) is 1.84. The van der Waals surface area contributed by atoms with E-state index < -0.39 is 5.54 Å². The molecule has 14 heavy (non-hydrogen) atoms. The molecule has 1 saturated carbocycles. The van der Waals surface area contributed by atoms with Crippen LogP contribution < -0.4 is 5.73 Å². The van der Waals surface area contributed by atoms with Gasteiger partial charge in [0.15, 0.2) is 5.78 Å². The molecule has 1 aliphatic heterocycles. The van der Waals surface area contributed by atoms with E-state index in [1.807, 2.05) is 0 Å². The molecule has 1 aliphatic carbocycles. The van der Waals surface area contributed by atoms with Gasteiger partial charge in [0.25, 0.3) is 0 Å². The van der Waals surface area contributed by atoms with Crippen LogP contribution in [0.3, 0.4) is 0 Å². The van der Waals surface area contributed by atoms with Crippen LogP contribution in [0.1, 0.15) is 38.5 Å². The van der Waals surface area contributed by atoms with Gasteiger partial charge in [0.05, 0.1) is 12.1 Å². The lowest BCUT2D eigenvalue weighted by Crippen LogP contribution is -2.50. The fourth-order valence-electron chi connectivity index (χ4n) is 2.61. The van der Waals surface area contributed by atoms with Gasteiger partial charge in [0, 0.05) is 12.5 Å². The summed E-state index contributed by atoms with van der Waals surface area (Å²) >= 11 is 0. The number of rotatable bonds is 2. The molecule has 1 heterocycles. The van der Waals surface area contributed by atoms with Gasteiger partial charge in [0.1, 0.15) is 0 Å². The lowest BCUT2D eigenvalue weighted by Gasteiger charge is -2.29. The fraction of sp³-hybridized carbons (Fsp3) is 0.909. The van der Waals surface area contributed by atoms with E-state index in [0.717, 1.165) is 45.1 Å². The number of carbonyl (C=O) groups is 1. The van der Waals surface area contributed by atoms with Crippen LogP contribution in [0.25, 0.3) is 0 Å². The van der Waals surface area contributed by atoms with Crippen molar-refractivity contribution in [2.75, 3.05) is 13.2 Å². The van der Waals surface area contributed by atoms with E-state index in [1.54, 1.807) is 0 Å². The lowest BCUT2D eigenvalue weighted by molar-refractivity contribution is -0.132. The summed E-state index contributed by atoms with van der Waals surface area (Å²) in [6, 6.07) is 0. The second-order valence-corrected chi connectivity index (χ2v) is 4.64. The molecule has 0 spiro atoms. The van der Waals surface area contributed by atoms with E-state index in [2.05, 4.69) is 0 Å². The second kappa shape index (κ2) is 3.99. The Morgan fingerprint density at radius 2 is 2.00 bits per heavy atom. The number of carbonyl (C=O) groups excluding carboxylic acids is 1. The van der Waals surface area contributed by atoms with Crippen molar-refractivity contribution in [2.45, 2.75) is 44.1 Å². The Bertz CT molecular complexity index is 215. The van der Waals surface area contributed by atoms with Gasteiger partial charge in [-0.2, -0.15) is 0 Å². The van der Waals surface area contributed by atoms with E-state index in [-0.39, 0.29) is 11.7 Å². The van der Waals surface area contributed by atoms with Crippen LogP contribution in [-0.4, -0.2) is 24.5 Å². The number of hydrogen-bond acceptors (Lipinski definition) is 3. The lowest BCUT2D eigenvalue weighted by atomic mass is 9.83. The summed E-state index contributed by atoms with van der Waals surface area (Å²) in [5.41, 5.74) is 5.62. The Hall–Kier alpha value is -0.410. The van der Waals surface area contributed by atoms with Gasteiger partial charge >= 0.3 is 0 Å². The molecule has 2 aliphatic rings. The zero-order valence-electron chi connectivity index (χ0n) is 8.63. The topological polar surface area (TPSA) is 52.3 Å². The van der Waals surface area contributed by atoms with E-state index in [1.165, 1.54) is 0 Å². The van der Waals surface area contributed by atoms with Crippen LogP contribution in [0, 0.1) is 5.92 Å². The molecule has 0 amide bonds. The Balaban J connectivity index is 1.98. The van der Waals surface area contributed by atoms with Crippen molar-refractivity contribution in [1.29, 1.82) is 0 Å². The average Bonchev–Trinajstić information content (AvgIpc) is 2.67. The largest absolute Gasteiger partial charge is 0.381 e. The van der Waals surface area contributed by atoms with Crippen LogP contribution >= 0.6 is 0 Å². The van der Waals surface area contributed by atoms with Crippen molar-refractivity contribution in [2.24, 2.45) is 11.7 Å². The normalized spacial score (nSPS) is 31.6. The summed E-state index contributed by atoms with van der Waals surface area (Å²) in [5.74, 6) is 0.335. The Morgan fingerprint density at radius 3 is 2.57 bits per heavy atom. The summed E-state index contributed by atoms with van der Waals surface area (Å²) in [7, 11) is 0. The molecule has 1 atom stereocenters. The first-order valence-electron chi connectivity index (χ1n) is 5.63. The highest BCUT2D eigenvalue weighted by Gasteiger charge is 2.40. The predicted molar refractivity (Wildman–Crippen MR) is 53.9 cm³/mol. The molecule has 1 unspecified atom stereocenters. The maximum atomic E-state index is 12.1. The van der Waals surface area contributed by atoms with E-state index in [9.17, 15) is 4.79 Å². The highest BCUT2D eigenvalue weighted by Crippen LogP contribution is 2.32. The molecule has 3 heteroatoms. The van der Waals surface area contributed by atoms with E-state index in [0.29, 0.717) is 6.61 Å². The summed E-state index contributed by atoms with van der Waals surface area (Å²) in [6.45, 7) is 1.40. The smallest absolute Gasteiger partial charge is 0.158 e. The minimum atomic E-state index is -0.509. The summed E-state index contributed by atoms with van der Waals surface area (Å²) in [4.78, 5) is 12.1. The van der Waals surface area contributed by atoms with Crippen molar-refractivity contribution in [1.82, 2.24) is 0 Å². The molecule has 0 aromatic carbocycles. The van der Waals surface area contributed by atoms with Gasteiger partial charge in [-0.3, -0.25) is 4.79 Å². The Morgan fingerprint density at radius 1 is 1.29 bits per heavy atom. The summed E-state index contributed by atoms with van der Waals surface area (Å²) in [5, 5.41) is 0. The van der Waals surface area contributed by atoms with E-state index in [4.69, 9.17) is 10.5 Å². The average molecular weight is 197 g/mol. The number of ether oxygens (including phenoxy) is 1. The molecule has 0 bridgehead atoms. The number of hydrogen-bond donors (Lipinski definition) is 1. The minimum absolute atomic E-state index is 0.0758. The molecule has 80 valence electrons. The molecule has 2 N–H and O–H groups in total. The van der Waals surface area contributed by atoms with Crippen LogP contribution in [0.15, 0.2) is 0 Å². The molecular formula is C11H19NO2. The molecule has 2 fully saturated rings. The van der Waals surface area contributed by atoms with E-state index >= 15 is 0 Å². The first kappa shape index (κ1) is 10.1. The van der Waals surface area contributed by atoms with Crippen molar-refractivity contribution in [3.8, 4) is 0 Å². The fourth-order valence-corrected chi connectivity index (χ4v) is 2.61. The maximum Gasteiger partial charge on any atom is 0.158 e. The number of Topliss-reactive ketones (excluding diaryl/α,β-unsaturated/α-hetero) is 1. The van der Waals surface area contributed by atoms with Gasteiger partial charge in [-0.15, -0.1) is 0 Å². The van der Waals surface area contributed by atoms with Crippen LogP contribution in [0.2, 0.25) is 0 Å². The SMILES string of the molecule is NC1(C(=O)C2CCCOC2)CCCC1. The van der Waals surface area contributed by atoms with Crippen molar-refractivity contribution in [3.63, 3.8) is 0 Å². The van der Waals surface area contributed by atoms with Gasteiger partial charge in [-0.25, -0.2) is 0 Å². The Labute approximate surface area is 85.0 Å². The highest BCUT2D eigenvalue weighted by atomic mass is 16.5. The van der Waals surface area contributed by atoms with Gasteiger partial charge in [-0.1, -0.05) is 12.8 Å². The third-order valence-corrected chi connectivity index (χ3v) is 3.52. The van der Waals surface area contributed by atoms with Crippen LogP contribution in [0.4, 0.5) is 0 Å². The molecule has 0 aromatic heterocycles. The quantitative estimate of drug-likeness (QED) is 0.725. The maximum absolute atomic E-state index is 12.1. The highest BCUT2D eigenvalue weighted by molar-refractivity contribution is 5.90. The van der Waals surface area contributed by atoms with Gasteiger partial charge in [0.2, 0.25) is 0 Å². The van der Waals surface area contributed by atoms with Crippen molar-refractivity contribution < 1.29 is 9.53 Å². The van der Waals surface area contributed by atoms with Crippen molar-refractivity contribution >= 4 is 5.78 Å². The minimum Gasteiger partial charge on any atom is -0.381 e. The first-order valence-corrected chi connectivity index (χ1v) is 5.63. The zero-order valence-corrected chi connectivity index (χ0v) is 8.63. The number of ketones is 1. The predicted octanol–water partition coefficient (Wildman–Crippen LogP) is 1.25. The second-order valence-electron chi connectivity index (χ2n) is 4.64. The van der Waals surface area contributed by atoms with Gasteiger partial charge < -0.3 is 10.5 Å². The molecule has 0 radical (unpaired) electrons. The third-order valence-electron chi connectivity index (χ3n) is 3.52. The Kier molecular flexibility index (Phi) is 2.88. The molecule has 2 rings (SSSR count). The molecular weight excluding hydrogens is 178 g/mol. The van der Waals surface area contributed by atoms with Crippen molar-refractivity contribution in [3.05, 3.63) is 0 Å². The summed E-state index contributed by atoms with van der Waals surface area (Å²) < 4.78 is 5.33. The number of nitrogens with two attached hydrogens (primary N) is 1. The van der Waals surface area contributed by atoms with Crippen LogP contribution in [0.5, 0.6) is 0 Å². The van der Waals surface area contributed by atoms with Crippen LogP contribution in [-0.2, 0) is 9.53 Å². The summed E-state index contributed by atoms with van der Waals surface area (Å²) in [6.07, 6.45) is 5.95. The molecule has 3 nitrogen and oxygen atoms in total. The molecule has 1 saturated heterocycles. The molecule has 0 aromatic rings. The van der Waals surface area contributed by atoms with Gasteiger partial charge in [-0.05, 0) is 25.7 Å². The monoisotopic (exact) mass is 197 g/mol. The standard InChI is InChI=1S/C11H19NO2/c12-11(5-1-2-6-11)10(13)9-4-3-7-14-8-9/h9H,1-8,12H2. The first-order chi connectivity index (χ1) is 6.72. The zero-order chi connectivity index (χ0) is 10.0.